The van der Waals surface area contributed by atoms with E-state index in [0.717, 1.165) is 24.3 Å². The Morgan fingerprint density at radius 3 is 3.13 bits per heavy atom. The van der Waals surface area contributed by atoms with Gasteiger partial charge in [0.15, 0.2) is 0 Å². The van der Waals surface area contributed by atoms with Crippen molar-refractivity contribution in [2.45, 2.75) is 50.8 Å². The van der Waals surface area contributed by atoms with Crippen LogP contribution in [-0.2, 0) is 0 Å². The van der Waals surface area contributed by atoms with Crippen molar-refractivity contribution in [3.63, 3.8) is 0 Å². The Morgan fingerprint density at radius 1 is 1.60 bits per heavy atom. The van der Waals surface area contributed by atoms with Gasteiger partial charge in [0.05, 0.1) is 12.1 Å². The molecule has 0 spiro atoms. The highest BCUT2D eigenvalue weighted by Crippen LogP contribution is 2.22. The summed E-state index contributed by atoms with van der Waals surface area (Å²) in [5, 5.41) is 16.2. The molecule has 0 saturated heterocycles. The first kappa shape index (κ1) is 11.0. The quantitative estimate of drug-likeness (QED) is 0.829. The van der Waals surface area contributed by atoms with E-state index in [1.54, 1.807) is 11.3 Å². The van der Waals surface area contributed by atoms with E-state index in [1.807, 2.05) is 11.6 Å². The third-order valence-electron chi connectivity index (χ3n) is 2.95. The third kappa shape index (κ3) is 3.00. The molecule has 2 rings (SSSR count). The fraction of sp³-hybridized carbons (Fsp3) is 0.727. The molecule has 1 aromatic heterocycles. The molecule has 4 heteroatoms. The Hall–Kier alpha value is -0.450. The maximum atomic E-state index is 9.57. The van der Waals surface area contributed by atoms with Gasteiger partial charge < -0.3 is 10.4 Å². The summed E-state index contributed by atoms with van der Waals surface area (Å²) in [5.74, 6) is 0. The van der Waals surface area contributed by atoms with Crippen LogP contribution in [0.15, 0.2) is 11.6 Å². The van der Waals surface area contributed by atoms with E-state index in [2.05, 4.69) is 17.2 Å². The standard InChI is InChI=1S/C11H18N2OS/c1-8(11-12-5-6-15-11)13-9-3-2-4-10(14)7-9/h5-6,8-10,13-14H,2-4,7H2,1H3. The van der Waals surface area contributed by atoms with Crippen LogP contribution >= 0.6 is 11.3 Å². The van der Waals surface area contributed by atoms with E-state index in [0.29, 0.717) is 12.1 Å². The minimum Gasteiger partial charge on any atom is -0.393 e. The van der Waals surface area contributed by atoms with E-state index in [1.165, 1.54) is 6.42 Å². The molecule has 3 unspecified atom stereocenters. The lowest BCUT2D eigenvalue weighted by Gasteiger charge is -2.28. The normalized spacial score (nSPS) is 28.9. The molecule has 1 aliphatic carbocycles. The first-order chi connectivity index (χ1) is 7.25. The largest absolute Gasteiger partial charge is 0.393 e. The molecule has 15 heavy (non-hydrogen) atoms. The second kappa shape index (κ2) is 5.05. The molecule has 0 bridgehead atoms. The lowest BCUT2D eigenvalue weighted by Crippen LogP contribution is -2.37. The van der Waals surface area contributed by atoms with Gasteiger partial charge in [-0.15, -0.1) is 11.3 Å². The fourth-order valence-electron chi connectivity index (χ4n) is 2.19. The molecular weight excluding hydrogens is 208 g/mol. The van der Waals surface area contributed by atoms with E-state index in [9.17, 15) is 5.11 Å². The second-order valence-corrected chi connectivity index (χ2v) is 5.20. The van der Waals surface area contributed by atoms with Gasteiger partial charge in [-0.25, -0.2) is 4.98 Å². The number of aromatic nitrogens is 1. The summed E-state index contributed by atoms with van der Waals surface area (Å²) in [7, 11) is 0. The molecule has 1 aromatic rings. The summed E-state index contributed by atoms with van der Waals surface area (Å²) >= 11 is 1.68. The van der Waals surface area contributed by atoms with Crippen LogP contribution in [0.5, 0.6) is 0 Å². The van der Waals surface area contributed by atoms with Gasteiger partial charge in [-0.1, -0.05) is 0 Å². The Labute approximate surface area is 94.5 Å². The number of nitrogens with one attached hydrogen (secondary N) is 1. The fourth-order valence-corrected chi connectivity index (χ4v) is 2.84. The molecule has 0 amide bonds. The minimum atomic E-state index is -0.111. The Bertz CT molecular complexity index is 289. The Balaban J connectivity index is 1.86. The highest BCUT2D eigenvalue weighted by Gasteiger charge is 2.22. The van der Waals surface area contributed by atoms with Gasteiger partial charge in [0.1, 0.15) is 5.01 Å². The second-order valence-electron chi connectivity index (χ2n) is 4.28. The smallest absolute Gasteiger partial charge is 0.109 e. The first-order valence-electron chi connectivity index (χ1n) is 5.59. The van der Waals surface area contributed by atoms with Crippen LogP contribution in [0, 0.1) is 0 Å². The van der Waals surface area contributed by atoms with Crippen LogP contribution in [0.2, 0.25) is 0 Å². The average molecular weight is 226 g/mol. The van der Waals surface area contributed by atoms with Crippen molar-refractivity contribution in [1.29, 1.82) is 0 Å². The average Bonchev–Trinajstić information content (AvgIpc) is 2.70. The molecule has 1 fully saturated rings. The highest BCUT2D eigenvalue weighted by molar-refractivity contribution is 7.09. The Morgan fingerprint density at radius 2 is 2.47 bits per heavy atom. The molecule has 0 aromatic carbocycles. The zero-order valence-corrected chi connectivity index (χ0v) is 9.83. The highest BCUT2D eigenvalue weighted by atomic mass is 32.1. The van der Waals surface area contributed by atoms with Crippen molar-refractivity contribution < 1.29 is 5.11 Å². The zero-order valence-electron chi connectivity index (χ0n) is 9.02. The summed E-state index contributed by atoms with van der Waals surface area (Å²) in [6, 6.07) is 0.757. The molecule has 0 radical (unpaired) electrons. The summed E-state index contributed by atoms with van der Waals surface area (Å²) < 4.78 is 0. The Kier molecular flexibility index (Phi) is 3.72. The van der Waals surface area contributed by atoms with Crippen LogP contribution in [0.25, 0.3) is 0 Å². The topological polar surface area (TPSA) is 45.1 Å². The van der Waals surface area contributed by atoms with Crippen LogP contribution in [-0.4, -0.2) is 22.2 Å². The first-order valence-corrected chi connectivity index (χ1v) is 6.47. The lowest BCUT2D eigenvalue weighted by molar-refractivity contribution is 0.109. The van der Waals surface area contributed by atoms with Gasteiger partial charge in [0.2, 0.25) is 0 Å². The van der Waals surface area contributed by atoms with Crippen molar-refractivity contribution in [3.05, 3.63) is 16.6 Å². The van der Waals surface area contributed by atoms with Crippen LogP contribution < -0.4 is 5.32 Å². The van der Waals surface area contributed by atoms with Crippen molar-refractivity contribution in [3.8, 4) is 0 Å². The SMILES string of the molecule is CC(NC1CCCC(O)C1)c1nccs1. The van der Waals surface area contributed by atoms with Crippen LogP contribution in [0.3, 0.4) is 0 Å². The van der Waals surface area contributed by atoms with Crippen molar-refractivity contribution >= 4 is 11.3 Å². The number of thiazole rings is 1. The molecule has 1 heterocycles. The van der Waals surface area contributed by atoms with E-state index in [-0.39, 0.29) is 6.10 Å². The van der Waals surface area contributed by atoms with Gasteiger partial charge in [0, 0.05) is 17.6 Å². The molecule has 3 nitrogen and oxygen atoms in total. The van der Waals surface area contributed by atoms with Gasteiger partial charge in [-0.05, 0) is 32.6 Å². The summed E-state index contributed by atoms with van der Waals surface area (Å²) in [5.41, 5.74) is 0. The van der Waals surface area contributed by atoms with Crippen LogP contribution in [0.1, 0.15) is 43.7 Å². The van der Waals surface area contributed by atoms with Gasteiger partial charge in [-0.2, -0.15) is 0 Å². The number of aliphatic hydroxyl groups is 1. The zero-order chi connectivity index (χ0) is 10.7. The number of aliphatic hydroxyl groups excluding tert-OH is 1. The molecule has 1 aliphatic rings. The number of hydrogen-bond donors (Lipinski definition) is 2. The molecule has 84 valence electrons. The summed E-state index contributed by atoms with van der Waals surface area (Å²) in [4.78, 5) is 4.29. The van der Waals surface area contributed by atoms with Gasteiger partial charge in [0.25, 0.3) is 0 Å². The minimum absolute atomic E-state index is 0.111. The molecular formula is C11H18N2OS. The van der Waals surface area contributed by atoms with E-state index in [4.69, 9.17) is 0 Å². The molecule has 2 N–H and O–H groups in total. The predicted molar refractivity (Wildman–Crippen MR) is 61.9 cm³/mol. The third-order valence-corrected chi connectivity index (χ3v) is 3.91. The lowest BCUT2D eigenvalue weighted by atomic mass is 9.92. The van der Waals surface area contributed by atoms with Crippen molar-refractivity contribution in [2.75, 3.05) is 0 Å². The molecule has 1 saturated carbocycles. The molecule has 3 atom stereocenters. The molecule has 0 aliphatic heterocycles. The maximum Gasteiger partial charge on any atom is 0.109 e. The van der Waals surface area contributed by atoms with Crippen LogP contribution in [0.4, 0.5) is 0 Å². The summed E-state index contributed by atoms with van der Waals surface area (Å²) in [6.45, 7) is 2.14. The number of rotatable bonds is 3. The summed E-state index contributed by atoms with van der Waals surface area (Å²) in [6.07, 6.45) is 5.88. The number of nitrogens with zero attached hydrogens (tertiary/aromatic N) is 1. The van der Waals surface area contributed by atoms with E-state index < -0.39 is 0 Å². The van der Waals surface area contributed by atoms with Gasteiger partial charge in [-0.3, -0.25) is 0 Å². The van der Waals surface area contributed by atoms with Gasteiger partial charge >= 0.3 is 0 Å². The number of hydrogen-bond acceptors (Lipinski definition) is 4. The van der Waals surface area contributed by atoms with Crippen molar-refractivity contribution in [1.82, 2.24) is 10.3 Å². The monoisotopic (exact) mass is 226 g/mol. The van der Waals surface area contributed by atoms with E-state index >= 15 is 0 Å². The van der Waals surface area contributed by atoms with Crippen molar-refractivity contribution in [2.24, 2.45) is 0 Å². The maximum absolute atomic E-state index is 9.57. The predicted octanol–water partition coefficient (Wildman–Crippen LogP) is 2.10.